The molecule has 4 fully saturated rings. The SMILES string of the molecule is CCC(=O)N(C)CCNc1cc(N)nc2cc(-c3ccn[nH]3)sc12.CN(CCCNc1cc(N)nc2c(Cl)c(-c3ccn[nH]3)sc12)C(=O)C1CC1.C[C@@H]1CN(CCNc2cc(N)nc3c(Cl)c(-c4ccn[nH]4)sc23)C[C@@H](C)O1.C[C@@H]1CN(CCNc2cc(N)nc3c(Cl)c(-c4ccn[nH]4)sc23)C[C@H](C)O1.Nc1cc(N[C@H]2CC[C@H](O)C2)c2sc(-c3ccn[nH]3)c(Cl)c2n1. The number of rotatable bonds is 26. The first kappa shape index (κ1) is 92.2. The van der Waals surface area contributed by atoms with Gasteiger partial charge in [-0.05, 0) is 103 Å². The van der Waals surface area contributed by atoms with E-state index in [-0.39, 0.29) is 54.3 Å². The van der Waals surface area contributed by atoms with Crippen LogP contribution >= 0.6 is 103 Å². The van der Waals surface area contributed by atoms with Gasteiger partial charge in [0, 0.05) is 172 Å². The number of pyridine rings is 5. The normalized spacial score (nSPS) is 17.6. The Morgan fingerprint density at radius 1 is 0.469 bits per heavy atom. The fraction of sp³-hybridized carbons (Fsp3) is 0.388. The number of nitrogens with one attached hydrogen (secondary N) is 10. The summed E-state index contributed by atoms with van der Waals surface area (Å²) in [6, 6.07) is 20.9. The molecule has 19 rings (SSSR count). The molecular formula is C85H103Cl4N29O5S5. The van der Waals surface area contributed by atoms with Crippen molar-refractivity contribution in [3.05, 3.63) is 118 Å². The van der Waals surface area contributed by atoms with Crippen molar-refractivity contribution >= 4 is 224 Å². The predicted molar refractivity (Wildman–Crippen MR) is 525 cm³/mol. The number of aliphatic hydroxyl groups excluding tert-OH is 1. The molecule has 4 aliphatic rings. The number of morpholine rings is 2. The molecule has 6 atom stereocenters. The summed E-state index contributed by atoms with van der Waals surface area (Å²) in [6.07, 6.45) is 15.3. The van der Waals surface area contributed by atoms with E-state index < -0.39 is 0 Å². The minimum absolute atomic E-state index is 0.133. The van der Waals surface area contributed by atoms with Crippen molar-refractivity contribution in [3.8, 4) is 52.9 Å². The van der Waals surface area contributed by atoms with Gasteiger partial charge in [-0.3, -0.25) is 44.9 Å². The van der Waals surface area contributed by atoms with Crippen molar-refractivity contribution < 1.29 is 24.2 Å². The highest BCUT2D eigenvalue weighted by molar-refractivity contribution is 7.25. The maximum absolute atomic E-state index is 12.0. The lowest BCUT2D eigenvalue weighted by Crippen LogP contribution is -2.46. The first-order chi connectivity index (χ1) is 61.8. The summed E-state index contributed by atoms with van der Waals surface area (Å²) in [6.45, 7) is 20.4. The molecule has 2 saturated carbocycles. The van der Waals surface area contributed by atoms with Gasteiger partial charge in [0.2, 0.25) is 11.8 Å². The number of ether oxygens (including phenoxy) is 2. The molecule has 0 unspecified atom stereocenters. The van der Waals surface area contributed by atoms with Crippen molar-refractivity contribution in [2.75, 3.05) is 148 Å². The highest BCUT2D eigenvalue weighted by Crippen LogP contribution is 2.49. The zero-order valence-electron chi connectivity index (χ0n) is 71.5. The Balaban J connectivity index is 0.000000123. The number of likely N-dealkylation sites (N-methyl/N-ethyl adjacent to an activating group) is 1. The Hall–Kier alpha value is -10.5. The number of fused-ring (bicyclic) bond motifs is 5. The van der Waals surface area contributed by atoms with E-state index in [1.165, 1.54) is 0 Å². The Kier molecular flexibility index (Phi) is 30.2. The number of aromatic amines is 5. The van der Waals surface area contributed by atoms with Gasteiger partial charge in [-0.2, -0.15) is 25.5 Å². The lowest BCUT2D eigenvalue weighted by atomic mass is 10.2. The van der Waals surface area contributed by atoms with Crippen LogP contribution in [0.5, 0.6) is 0 Å². The predicted octanol–water partition coefficient (Wildman–Crippen LogP) is 16.3. The van der Waals surface area contributed by atoms with Crippen molar-refractivity contribution in [2.24, 2.45) is 5.92 Å². The van der Waals surface area contributed by atoms with Crippen LogP contribution in [0.2, 0.25) is 20.1 Å². The topological polar surface area (TPSA) is 484 Å². The summed E-state index contributed by atoms with van der Waals surface area (Å²) in [7, 11) is 3.69. The summed E-state index contributed by atoms with van der Waals surface area (Å²) in [5.41, 5.74) is 42.7. The zero-order valence-corrected chi connectivity index (χ0v) is 78.6. The summed E-state index contributed by atoms with van der Waals surface area (Å²) >= 11 is 34.1. The second-order valence-corrected chi connectivity index (χ2v) is 38.6. The molecule has 0 aromatic carbocycles. The molecule has 0 bridgehead atoms. The van der Waals surface area contributed by atoms with Crippen molar-refractivity contribution in [1.82, 2.24) is 95.5 Å². The van der Waals surface area contributed by atoms with Crippen LogP contribution in [0.15, 0.2) is 97.7 Å². The van der Waals surface area contributed by atoms with E-state index in [0.717, 1.165) is 225 Å². The molecule has 15 aromatic heterocycles. The largest absolute Gasteiger partial charge is 0.393 e. The fourth-order valence-corrected chi connectivity index (χ4v) is 22.7. The highest BCUT2D eigenvalue weighted by atomic mass is 35.5. The molecule has 0 radical (unpaired) electrons. The second-order valence-electron chi connectivity index (χ2n) is 31.9. The van der Waals surface area contributed by atoms with Gasteiger partial charge in [0.1, 0.15) is 51.2 Å². The van der Waals surface area contributed by atoms with Crippen LogP contribution in [-0.2, 0) is 19.1 Å². The van der Waals surface area contributed by atoms with E-state index in [2.05, 4.69) is 140 Å². The molecular weight excluding hydrogens is 1810 g/mol. The summed E-state index contributed by atoms with van der Waals surface area (Å²) in [5, 5.41) is 64.1. The molecule has 676 valence electrons. The third kappa shape index (κ3) is 22.5. The molecule has 2 aliphatic carbocycles. The minimum atomic E-state index is -0.227. The number of hydrogen-bond donors (Lipinski definition) is 16. The number of thiophene rings is 5. The lowest BCUT2D eigenvalue weighted by Gasteiger charge is -2.35. The Morgan fingerprint density at radius 3 is 1.21 bits per heavy atom. The molecule has 34 nitrogen and oxygen atoms in total. The molecule has 2 amide bonds. The number of carbonyl (C=O) groups is 2. The average Bonchev–Trinajstić information content (AvgIpc) is 1.64. The number of carbonyl (C=O) groups excluding carboxylic acids is 2. The standard InChI is InChI=1S/2C18H23ClN6OS.C18H21ClN6OS.C16H20N6OS.C15H16ClN5OS/c2*1-10-8-25(9-11(2)26-10)6-5-21-13-7-14(20)23-16-15(19)17(27-18(13)16)12-3-4-22-24-12;1-25(18(26)10-3-4-10)8-2-6-21-12-9-13(20)23-15-14(19)16(27-17(12)15)11-5-7-22-24-11;1-3-15(23)22(2)7-6-18-11-9-14(17)20-12-8-13(24-16(11)12)10-4-5-19-21-10;16-12-13-15(23-14(12)9-3-4-18-21-9)10(6-11(17)20-13)19-7-1-2-8(22)5-7/h2*3-4,7,10-11H,5-6,8-9H2,1-2H3,(H,22,24)(H3,20,21,23);5,7,9-10H,2-4,6,8H2,1H3,(H,22,24)(H3,20,21,23);4-5,8-9H,3,6-7H2,1-2H3,(H,19,21)(H3,17,18,20);3-4,6-8,22H,1-2,5H2,(H,18,21)(H3,17,19,20)/t10-,11+;10-,11-;;;7-,8-/m.1..0/s1. The number of anilines is 10. The average molecular weight is 1910 g/mol. The van der Waals surface area contributed by atoms with Crippen molar-refractivity contribution in [3.63, 3.8) is 0 Å². The van der Waals surface area contributed by atoms with Crippen LogP contribution in [0.25, 0.3) is 104 Å². The smallest absolute Gasteiger partial charge is 0.225 e. The maximum atomic E-state index is 12.0. The second kappa shape index (κ2) is 41.9. The van der Waals surface area contributed by atoms with Crippen LogP contribution in [-0.4, -0.2) is 242 Å². The molecule has 2 saturated heterocycles. The summed E-state index contributed by atoms with van der Waals surface area (Å²) < 4.78 is 16.6. The zero-order chi connectivity index (χ0) is 90.0. The van der Waals surface area contributed by atoms with Gasteiger partial charge in [0.15, 0.2) is 0 Å². The number of aliphatic hydroxyl groups is 1. The number of nitrogen functional groups attached to an aromatic ring is 5. The van der Waals surface area contributed by atoms with Gasteiger partial charge >= 0.3 is 0 Å². The molecule has 17 heterocycles. The number of hydrogen-bond acceptors (Lipinski definition) is 32. The molecule has 15 aromatic rings. The van der Waals surface area contributed by atoms with Crippen LogP contribution in [0, 0.1) is 5.92 Å². The van der Waals surface area contributed by atoms with Crippen molar-refractivity contribution in [1.29, 1.82) is 0 Å². The molecule has 2 aliphatic heterocycles. The van der Waals surface area contributed by atoms with Crippen LogP contribution in [0.1, 0.15) is 79.6 Å². The molecule has 21 N–H and O–H groups in total. The van der Waals surface area contributed by atoms with Crippen LogP contribution < -0.4 is 55.3 Å². The van der Waals surface area contributed by atoms with Gasteiger partial charge in [0.05, 0.1) is 161 Å². The maximum Gasteiger partial charge on any atom is 0.225 e. The van der Waals surface area contributed by atoms with E-state index in [0.29, 0.717) is 79.7 Å². The number of H-pyrrole nitrogens is 5. The number of nitrogens with zero attached hydrogens (tertiary/aromatic N) is 14. The Bertz CT molecular complexity index is 6070. The first-order valence-corrected chi connectivity index (χ1v) is 47.7. The first-order valence-electron chi connectivity index (χ1n) is 42.1. The third-order valence-electron chi connectivity index (χ3n) is 21.7. The van der Waals surface area contributed by atoms with Crippen LogP contribution in [0.3, 0.4) is 0 Å². The van der Waals surface area contributed by atoms with Crippen LogP contribution in [0.4, 0.5) is 57.5 Å². The van der Waals surface area contributed by atoms with Gasteiger partial charge in [-0.15, -0.1) is 56.7 Å². The Labute approximate surface area is 777 Å². The monoisotopic (exact) mass is 1910 g/mol. The van der Waals surface area contributed by atoms with Gasteiger partial charge in [-0.25, -0.2) is 24.9 Å². The molecule has 0 spiro atoms. The fourth-order valence-electron chi connectivity index (χ4n) is 15.6. The molecule has 128 heavy (non-hydrogen) atoms. The lowest BCUT2D eigenvalue weighted by molar-refractivity contribution is -0.131. The van der Waals surface area contributed by atoms with E-state index in [1.54, 1.807) is 92.6 Å². The number of aromatic nitrogens is 15. The minimum Gasteiger partial charge on any atom is -0.393 e. The number of nitrogens with two attached hydrogens (primary N) is 5. The molecule has 43 heteroatoms. The number of amides is 2. The third-order valence-corrected chi connectivity index (χ3v) is 29.8. The van der Waals surface area contributed by atoms with E-state index in [4.69, 9.17) is 84.5 Å². The highest BCUT2D eigenvalue weighted by Gasteiger charge is 2.33. The van der Waals surface area contributed by atoms with Crippen molar-refractivity contribution in [2.45, 2.75) is 116 Å². The van der Waals surface area contributed by atoms with Gasteiger partial charge in [-0.1, -0.05) is 53.3 Å². The summed E-state index contributed by atoms with van der Waals surface area (Å²) in [4.78, 5) is 58.8. The van der Waals surface area contributed by atoms with E-state index in [1.807, 2.05) is 92.6 Å². The van der Waals surface area contributed by atoms with E-state index in [9.17, 15) is 14.7 Å². The quantitative estimate of drug-likeness (QED) is 0.0224. The number of halogens is 4. The Morgan fingerprint density at radius 2 is 0.836 bits per heavy atom. The van der Waals surface area contributed by atoms with Gasteiger partial charge < -0.3 is 79.6 Å². The van der Waals surface area contributed by atoms with Gasteiger partial charge in [0.25, 0.3) is 0 Å². The summed E-state index contributed by atoms with van der Waals surface area (Å²) in [5.74, 6) is 2.88. The van der Waals surface area contributed by atoms with E-state index >= 15 is 0 Å².